The lowest BCUT2D eigenvalue weighted by atomic mass is 10.0. The molecule has 2 aromatic carbocycles. The fraction of sp³-hybridized carbons (Fsp3) is 0.318. The van der Waals surface area contributed by atoms with Gasteiger partial charge in [-0.1, -0.05) is 31.2 Å². The Balaban J connectivity index is 1.57. The van der Waals surface area contributed by atoms with Crippen LogP contribution in [0.2, 0.25) is 0 Å². The first-order chi connectivity index (χ1) is 14.6. The zero-order valence-electron chi connectivity index (χ0n) is 17.0. The number of hydrogen-bond donors (Lipinski definition) is 1. The molecule has 2 heterocycles. The van der Waals surface area contributed by atoms with Crippen LogP contribution in [0.25, 0.3) is 10.8 Å². The van der Waals surface area contributed by atoms with E-state index in [2.05, 4.69) is 15.1 Å². The molecule has 7 heteroatoms. The molecule has 1 amide bonds. The highest BCUT2D eigenvalue weighted by Crippen LogP contribution is 2.20. The summed E-state index contributed by atoms with van der Waals surface area (Å²) in [5, 5.41) is 7.96. The molecule has 1 aliphatic rings. The lowest BCUT2D eigenvalue weighted by molar-refractivity contribution is 0.0638. The van der Waals surface area contributed by atoms with Crippen LogP contribution < -0.4 is 5.56 Å². The molecule has 1 saturated heterocycles. The number of carbonyl (C=O) groups excluding carboxylic acids is 1. The highest BCUT2D eigenvalue weighted by molar-refractivity contribution is 5.95. The minimum atomic E-state index is -0.545. The number of hydrogen-bond acceptors (Lipinski definition) is 4. The van der Waals surface area contributed by atoms with E-state index in [1.54, 1.807) is 29.2 Å². The summed E-state index contributed by atoms with van der Waals surface area (Å²) in [6.45, 7) is 3.45. The summed E-state index contributed by atoms with van der Waals surface area (Å²) < 4.78 is 21.8. The number of carbonyl (C=O) groups is 1. The van der Waals surface area contributed by atoms with Gasteiger partial charge in [0.25, 0.3) is 11.5 Å². The van der Waals surface area contributed by atoms with E-state index < -0.39 is 5.82 Å². The fourth-order valence-electron chi connectivity index (χ4n) is 3.69. The van der Waals surface area contributed by atoms with Gasteiger partial charge in [0.15, 0.2) is 0 Å². The topological polar surface area (TPSA) is 69.3 Å². The highest BCUT2D eigenvalue weighted by atomic mass is 19.1. The van der Waals surface area contributed by atoms with Gasteiger partial charge in [-0.15, -0.1) is 0 Å². The van der Waals surface area contributed by atoms with Crippen molar-refractivity contribution in [2.45, 2.75) is 13.3 Å². The summed E-state index contributed by atoms with van der Waals surface area (Å²) in [4.78, 5) is 28.7. The summed E-state index contributed by atoms with van der Waals surface area (Å²) in [5.74, 6) is -0.865. The average molecular weight is 395 g/mol. The number of H-pyrrole nitrogens is 1. The van der Waals surface area contributed by atoms with Crippen LogP contribution in [0.15, 0.2) is 47.3 Å². The molecule has 4 rings (SSSR count). The number of aromatic amines is 1. The van der Waals surface area contributed by atoms with Gasteiger partial charge in [-0.3, -0.25) is 9.59 Å². The standard InChI is InChI=1S/C22H23FN4O2/c1-2-26-9-11-27(12-10-26)22(29)18-13-15(7-8-19(18)23)14-20-16-5-3-4-6-17(16)21(28)25-24-20/h3-8,13H,2,9-12,14H2,1H3,(H,25,28)/i1D. The van der Waals surface area contributed by atoms with E-state index in [4.69, 9.17) is 1.37 Å². The number of rotatable bonds is 4. The number of nitrogens with zero attached hydrogens (tertiary/aromatic N) is 3. The first kappa shape index (κ1) is 18.0. The van der Waals surface area contributed by atoms with Crippen molar-refractivity contribution in [2.75, 3.05) is 32.7 Å². The van der Waals surface area contributed by atoms with E-state index in [1.165, 1.54) is 6.07 Å². The zero-order valence-corrected chi connectivity index (χ0v) is 16.0. The molecule has 1 N–H and O–H groups in total. The number of aromatic nitrogens is 2. The van der Waals surface area contributed by atoms with Crippen molar-refractivity contribution in [3.05, 3.63) is 75.5 Å². The summed E-state index contributed by atoms with van der Waals surface area (Å²) in [5.41, 5.74) is 1.21. The van der Waals surface area contributed by atoms with Gasteiger partial charge in [0, 0.05) is 39.4 Å². The molecule has 150 valence electrons. The van der Waals surface area contributed by atoms with Crippen LogP contribution in [0.4, 0.5) is 4.39 Å². The third-order valence-corrected chi connectivity index (χ3v) is 5.38. The third kappa shape index (κ3) is 3.91. The Morgan fingerprint density at radius 3 is 2.69 bits per heavy atom. The van der Waals surface area contributed by atoms with Gasteiger partial charge in [0.2, 0.25) is 0 Å². The molecule has 0 unspecified atom stereocenters. The minimum Gasteiger partial charge on any atom is -0.336 e. The van der Waals surface area contributed by atoms with E-state index in [-0.39, 0.29) is 17.0 Å². The second kappa shape index (κ2) is 8.13. The molecule has 0 atom stereocenters. The highest BCUT2D eigenvalue weighted by Gasteiger charge is 2.24. The number of benzene rings is 2. The molecule has 3 aromatic rings. The summed E-state index contributed by atoms with van der Waals surface area (Å²) in [6.07, 6.45) is 0.370. The molecule has 0 aliphatic carbocycles. The smallest absolute Gasteiger partial charge is 0.272 e. The minimum absolute atomic E-state index is 0.0511. The normalized spacial score (nSPS) is 15.5. The molecular formula is C22H23FN4O2. The summed E-state index contributed by atoms with van der Waals surface area (Å²) in [7, 11) is 0. The van der Waals surface area contributed by atoms with Gasteiger partial charge in [-0.05, 0) is 30.3 Å². The van der Waals surface area contributed by atoms with Crippen molar-refractivity contribution < 1.29 is 10.6 Å². The Kier molecular flexibility index (Phi) is 5.04. The Hall–Kier alpha value is -3.06. The van der Waals surface area contributed by atoms with Crippen LogP contribution in [-0.2, 0) is 6.42 Å². The van der Waals surface area contributed by atoms with E-state index in [9.17, 15) is 14.0 Å². The molecule has 0 spiro atoms. The predicted octanol–water partition coefficient (Wildman–Crippen LogP) is 2.43. The second-order valence-electron chi connectivity index (χ2n) is 7.17. The van der Waals surface area contributed by atoms with E-state index in [0.29, 0.717) is 57.1 Å². The van der Waals surface area contributed by atoms with Crippen LogP contribution in [0.3, 0.4) is 0 Å². The fourth-order valence-corrected chi connectivity index (χ4v) is 3.69. The van der Waals surface area contributed by atoms with Crippen LogP contribution in [0.5, 0.6) is 0 Å². The Labute approximate surface area is 169 Å². The Morgan fingerprint density at radius 2 is 1.93 bits per heavy atom. The van der Waals surface area contributed by atoms with Crippen molar-refractivity contribution in [2.24, 2.45) is 0 Å². The SMILES string of the molecule is [2H]CCN1CCN(C(=O)c2cc(Cc3n[nH]c(=O)c4ccccc34)ccc2F)CC1. The van der Waals surface area contributed by atoms with Crippen LogP contribution in [-0.4, -0.2) is 58.6 Å². The van der Waals surface area contributed by atoms with Crippen molar-refractivity contribution in [3.63, 3.8) is 0 Å². The zero-order chi connectivity index (χ0) is 21.1. The van der Waals surface area contributed by atoms with Gasteiger partial charge < -0.3 is 9.80 Å². The van der Waals surface area contributed by atoms with Crippen LogP contribution in [0, 0.1) is 5.82 Å². The number of piperazine rings is 1. The molecule has 1 fully saturated rings. The van der Waals surface area contributed by atoms with Gasteiger partial charge >= 0.3 is 0 Å². The van der Waals surface area contributed by atoms with E-state index in [1.807, 2.05) is 12.1 Å². The van der Waals surface area contributed by atoms with Crippen molar-refractivity contribution in [1.82, 2.24) is 20.0 Å². The number of fused-ring (bicyclic) bond motifs is 1. The molecule has 0 bridgehead atoms. The molecule has 0 radical (unpaired) electrons. The maximum Gasteiger partial charge on any atom is 0.272 e. The van der Waals surface area contributed by atoms with Gasteiger partial charge in [-0.25, -0.2) is 9.49 Å². The number of amides is 1. The van der Waals surface area contributed by atoms with Crippen molar-refractivity contribution in [3.8, 4) is 0 Å². The van der Waals surface area contributed by atoms with Gasteiger partial charge in [0.05, 0.1) is 16.6 Å². The quantitative estimate of drug-likeness (QED) is 0.737. The first-order valence-electron chi connectivity index (χ1n) is 10.3. The van der Waals surface area contributed by atoms with Crippen LogP contribution >= 0.6 is 0 Å². The van der Waals surface area contributed by atoms with Gasteiger partial charge in [-0.2, -0.15) is 5.10 Å². The maximum absolute atomic E-state index is 14.5. The first-order valence-corrected chi connectivity index (χ1v) is 9.62. The molecular weight excluding hydrogens is 371 g/mol. The third-order valence-electron chi connectivity index (χ3n) is 5.38. The lowest BCUT2D eigenvalue weighted by Gasteiger charge is -2.34. The van der Waals surface area contributed by atoms with Gasteiger partial charge in [0.1, 0.15) is 5.82 Å². The van der Waals surface area contributed by atoms with Crippen molar-refractivity contribution >= 4 is 16.7 Å². The number of halogens is 1. The largest absolute Gasteiger partial charge is 0.336 e. The Morgan fingerprint density at radius 1 is 1.17 bits per heavy atom. The molecule has 1 aliphatic heterocycles. The predicted molar refractivity (Wildman–Crippen MR) is 110 cm³/mol. The molecule has 29 heavy (non-hydrogen) atoms. The average Bonchev–Trinajstić information content (AvgIpc) is 2.77. The molecule has 0 saturated carbocycles. The summed E-state index contributed by atoms with van der Waals surface area (Å²) in [6, 6.07) is 11.7. The summed E-state index contributed by atoms with van der Waals surface area (Å²) >= 11 is 0. The molecule has 6 nitrogen and oxygen atoms in total. The van der Waals surface area contributed by atoms with E-state index in [0.717, 1.165) is 10.9 Å². The lowest BCUT2D eigenvalue weighted by Crippen LogP contribution is -2.48. The monoisotopic (exact) mass is 395 g/mol. The van der Waals surface area contributed by atoms with E-state index >= 15 is 0 Å². The second-order valence-corrected chi connectivity index (χ2v) is 7.17. The maximum atomic E-state index is 14.5. The Bertz CT molecular complexity index is 1130. The van der Waals surface area contributed by atoms with Crippen molar-refractivity contribution in [1.29, 1.82) is 0 Å². The number of nitrogens with one attached hydrogen (secondary N) is 1. The van der Waals surface area contributed by atoms with Crippen LogP contribution in [0.1, 0.15) is 29.9 Å². The number of likely N-dealkylation sites (N-methyl/N-ethyl adjacent to an activating group) is 1. The molecule has 1 aromatic heterocycles.